The molecule has 0 spiro atoms. The number of nitrogens with zero attached hydrogens (tertiary/aromatic N) is 1. The quantitative estimate of drug-likeness (QED) is 0.537. The average Bonchev–Trinajstić information content (AvgIpc) is 2.30. The van der Waals surface area contributed by atoms with Crippen LogP contribution in [0.2, 0.25) is 0 Å². The van der Waals surface area contributed by atoms with Crippen LogP contribution in [-0.2, 0) is 22.4 Å². The predicted molar refractivity (Wildman–Crippen MR) is 65.1 cm³/mol. The van der Waals surface area contributed by atoms with E-state index in [1.807, 2.05) is 12.3 Å². The lowest BCUT2D eigenvalue weighted by molar-refractivity contribution is -0.128. The lowest BCUT2D eigenvalue weighted by Gasteiger charge is -2.11. The van der Waals surface area contributed by atoms with Crippen molar-refractivity contribution in [2.75, 3.05) is 13.7 Å². The molecule has 4 nitrogen and oxygen atoms in total. The van der Waals surface area contributed by atoms with Crippen LogP contribution in [0.25, 0.3) is 0 Å². The molecular weight excluding hydrogens is 218 g/mol. The Morgan fingerprint density at radius 3 is 2.82 bits per heavy atom. The summed E-state index contributed by atoms with van der Waals surface area (Å²) in [6, 6.07) is 1.91. The largest absolute Gasteiger partial charge is 0.496 e. The first kappa shape index (κ1) is 13.5. The Hall–Kier alpha value is -1.58. The molecule has 0 aliphatic heterocycles. The van der Waals surface area contributed by atoms with Gasteiger partial charge in [-0.05, 0) is 12.3 Å². The minimum Gasteiger partial charge on any atom is -0.496 e. The first-order valence-corrected chi connectivity index (χ1v) is 5.74. The summed E-state index contributed by atoms with van der Waals surface area (Å²) in [6.45, 7) is 5.12. The molecule has 0 N–H and O–H groups in total. The van der Waals surface area contributed by atoms with Crippen molar-refractivity contribution in [1.29, 1.82) is 0 Å². The highest BCUT2D eigenvalue weighted by atomic mass is 16.5. The molecular formula is C13H19NO3. The molecule has 1 rings (SSSR count). The Morgan fingerprint density at radius 1 is 1.47 bits per heavy atom. The highest BCUT2D eigenvalue weighted by Crippen LogP contribution is 2.21. The molecule has 94 valence electrons. The SMILES string of the molecule is COc1cc(CCOC=O)ncc1CC(C)C. The third-order valence-corrected chi connectivity index (χ3v) is 2.39. The van der Waals surface area contributed by atoms with Crippen LogP contribution in [0.1, 0.15) is 25.1 Å². The predicted octanol–water partition coefficient (Wildman–Crippen LogP) is 2.00. The summed E-state index contributed by atoms with van der Waals surface area (Å²) in [4.78, 5) is 14.4. The molecule has 0 fully saturated rings. The van der Waals surface area contributed by atoms with Crippen LogP contribution >= 0.6 is 0 Å². The van der Waals surface area contributed by atoms with Crippen LogP contribution in [0, 0.1) is 5.92 Å². The summed E-state index contributed by atoms with van der Waals surface area (Å²) in [5.41, 5.74) is 1.98. The fraction of sp³-hybridized carbons (Fsp3) is 0.538. The second-order valence-electron chi connectivity index (χ2n) is 4.30. The van der Waals surface area contributed by atoms with Gasteiger partial charge in [-0.1, -0.05) is 13.8 Å². The normalized spacial score (nSPS) is 10.4. The average molecular weight is 237 g/mol. The minimum atomic E-state index is 0.350. The van der Waals surface area contributed by atoms with Crippen molar-refractivity contribution >= 4 is 6.47 Å². The zero-order chi connectivity index (χ0) is 12.7. The van der Waals surface area contributed by atoms with Gasteiger partial charge < -0.3 is 9.47 Å². The Morgan fingerprint density at radius 2 is 2.24 bits per heavy atom. The maximum absolute atomic E-state index is 10.0. The molecule has 0 bridgehead atoms. The van der Waals surface area contributed by atoms with Crippen molar-refractivity contribution in [3.05, 3.63) is 23.5 Å². The van der Waals surface area contributed by atoms with Crippen LogP contribution < -0.4 is 4.74 Å². The fourth-order valence-corrected chi connectivity index (χ4v) is 1.64. The number of aromatic nitrogens is 1. The van der Waals surface area contributed by atoms with Gasteiger partial charge >= 0.3 is 0 Å². The molecule has 1 heterocycles. The number of carbonyl (C=O) groups excluding carboxylic acids is 1. The van der Waals surface area contributed by atoms with Crippen molar-refractivity contribution in [2.24, 2.45) is 5.92 Å². The van der Waals surface area contributed by atoms with E-state index in [0.717, 1.165) is 23.4 Å². The van der Waals surface area contributed by atoms with Crippen LogP contribution in [-0.4, -0.2) is 25.2 Å². The molecule has 1 aromatic rings. The topological polar surface area (TPSA) is 48.4 Å². The van der Waals surface area contributed by atoms with E-state index in [9.17, 15) is 4.79 Å². The Kier molecular flexibility index (Phi) is 5.46. The molecule has 0 aliphatic carbocycles. The van der Waals surface area contributed by atoms with E-state index in [1.165, 1.54) is 0 Å². The van der Waals surface area contributed by atoms with E-state index in [0.29, 0.717) is 25.4 Å². The number of methoxy groups -OCH3 is 1. The van der Waals surface area contributed by atoms with Gasteiger partial charge in [0.15, 0.2) is 0 Å². The Labute approximate surface area is 102 Å². The van der Waals surface area contributed by atoms with E-state index in [-0.39, 0.29) is 0 Å². The molecule has 17 heavy (non-hydrogen) atoms. The monoisotopic (exact) mass is 237 g/mol. The number of carbonyl (C=O) groups is 1. The summed E-state index contributed by atoms with van der Waals surface area (Å²) in [7, 11) is 1.66. The third kappa shape index (κ3) is 4.43. The van der Waals surface area contributed by atoms with Gasteiger partial charge in [-0.15, -0.1) is 0 Å². The van der Waals surface area contributed by atoms with Gasteiger partial charge in [0.25, 0.3) is 6.47 Å². The number of rotatable bonds is 7. The van der Waals surface area contributed by atoms with Crippen LogP contribution in [0.5, 0.6) is 5.75 Å². The van der Waals surface area contributed by atoms with Crippen LogP contribution in [0.4, 0.5) is 0 Å². The van der Waals surface area contributed by atoms with Crippen molar-refractivity contribution < 1.29 is 14.3 Å². The molecule has 4 heteroatoms. The van der Waals surface area contributed by atoms with Gasteiger partial charge in [0.2, 0.25) is 0 Å². The molecule has 0 aromatic carbocycles. The first-order chi connectivity index (χ1) is 8.17. The van der Waals surface area contributed by atoms with Crippen molar-refractivity contribution in [3.8, 4) is 5.75 Å². The fourth-order valence-electron chi connectivity index (χ4n) is 1.64. The van der Waals surface area contributed by atoms with E-state index in [1.54, 1.807) is 7.11 Å². The summed E-state index contributed by atoms with van der Waals surface area (Å²) >= 11 is 0. The molecule has 0 unspecified atom stereocenters. The van der Waals surface area contributed by atoms with Gasteiger partial charge in [-0.2, -0.15) is 0 Å². The molecule has 0 saturated heterocycles. The van der Waals surface area contributed by atoms with Gasteiger partial charge in [-0.25, -0.2) is 0 Å². The van der Waals surface area contributed by atoms with E-state index < -0.39 is 0 Å². The second-order valence-corrected chi connectivity index (χ2v) is 4.30. The van der Waals surface area contributed by atoms with Crippen LogP contribution in [0.3, 0.4) is 0 Å². The number of hydrogen-bond donors (Lipinski definition) is 0. The summed E-state index contributed by atoms with van der Waals surface area (Å²) < 4.78 is 9.99. The summed E-state index contributed by atoms with van der Waals surface area (Å²) in [5.74, 6) is 1.42. The molecule has 0 saturated carbocycles. The van der Waals surface area contributed by atoms with E-state index in [4.69, 9.17) is 4.74 Å². The van der Waals surface area contributed by atoms with Crippen molar-refractivity contribution in [3.63, 3.8) is 0 Å². The maximum atomic E-state index is 10.0. The Balaban J connectivity index is 2.73. The van der Waals surface area contributed by atoms with E-state index >= 15 is 0 Å². The van der Waals surface area contributed by atoms with E-state index in [2.05, 4.69) is 23.6 Å². The molecule has 0 atom stereocenters. The second kappa shape index (κ2) is 6.89. The van der Waals surface area contributed by atoms with Gasteiger partial charge in [0.1, 0.15) is 5.75 Å². The zero-order valence-electron chi connectivity index (χ0n) is 10.6. The zero-order valence-corrected chi connectivity index (χ0v) is 10.6. The molecule has 0 aliphatic rings. The van der Waals surface area contributed by atoms with Gasteiger partial charge in [0, 0.05) is 29.9 Å². The number of pyridine rings is 1. The van der Waals surface area contributed by atoms with Crippen LogP contribution in [0.15, 0.2) is 12.3 Å². The first-order valence-electron chi connectivity index (χ1n) is 5.74. The smallest absolute Gasteiger partial charge is 0.293 e. The maximum Gasteiger partial charge on any atom is 0.293 e. The van der Waals surface area contributed by atoms with Crippen molar-refractivity contribution in [1.82, 2.24) is 4.98 Å². The third-order valence-electron chi connectivity index (χ3n) is 2.39. The Bertz CT molecular complexity index is 364. The highest BCUT2D eigenvalue weighted by molar-refractivity contribution is 5.37. The lowest BCUT2D eigenvalue weighted by Crippen LogP contribution is -2.03. The molecule has 0 radical (unpaired) electrons. The summed E-state index contributed by atoms with van der Waals surface area (Å²) in [6.07, 6.45) is 3.40. The lowest BCUT2D eigenvalue weighted by atomic mass is 10.0. The number of ether oxygens (including phenoxy) is 2. The van der Waals surface area contributed by atoms with Crippen molar-refractivity contribution in [2.45, 2.75) is 26.7 Å². The highest BCUT2D eigenvalue weighted by Gasteiger charge is 2.07. The number of hydrogen-bond acceptors (Lipinski definition) is 4. The van der Waals surface area contributed by atoms with Gasteiger partial charge in [0.05, 0.1) is 13.7 Å². The molecule has 1 aromatic heterocycles. The standard InChI is InChI=1S/C13H19NO3/c1-10(2)6-11-8-14-12(4-5-17-9-15)7-13(11)16-3/h7-10H,4-6H2,1-3H3. The summed E-state index contributed by atoms with van der Waals surface area (Å²) in [5, 5.41) is 0. The molecule has 0 amide bonds. The minimum absolute atomic E-state index is 0.350. The van der Waals surface area contributed by atoms with Gasteiger partial charge in [-0.3, -0.25) is 9.78 Å².